The molecule has 0 amide bonds. The van der Waals surface area contributed by atoms with Gasteiger partial charge in [-0.2, -0.15) is 8.42 Å². The first-order valence-corrected chi connectivity index (χ1v) is 11.3. The highest BCUT2D eigenvalue weighted by Crippen LogP contribution is 2.11. The summed E-state index contributed by atoms with van der Waals surface area (Å²) in [6, 6.07) is 0. The van der Waals surface area contributed by atoms with Gasteiger partial charge in [0.05, 0.1) is 19.8 Å². The number of rotatable bonds is 20. The smallest absolute Gasteiger partial charge is 0.379 e. The average Bonchev–Trinajstić information content (AvgIpc) is 2.57. The molecule has 0 aliphatic carbocycles. The van der Waals surface area contributed by atoms with Gasteiger partial charge in [-0.05, 0) is 6.42 Å². The summed E-state index contributed by atoms with van der Waals surface area (Å²) in [6.07, 6.45) is 14.6. The molecule has 7 heteroatoms. The lowest BCUT2D eigenvalue weighted by Gasteiger charge is -2.15. The summed E-state index contributed by atoms with van der Waals surface area (Å²) in [7, 11) is -4.51. The molecule has 0 heterocycles. The van der Waals surface area contributed by atoms with Crippen LogP contribution in [0.2, 0.25) is 0 Å². The lowest BCUT2D eigenvalue weighted by molar-refractivity contribution is -0.00269. The van der Waals surface area contributed by atoms with E-state index in [9.17, 15) is 8.42 Å². The van der Waals surface area contributed by atoms with Gasteiger partial charge in [-0.3, -0.25) is 4.55 Å². The molecule has 0 rings (SSSR count). The van der Waals surface area contributed by atoms with E-state index in [0.29, 0.717) is 6.61 Å². The molecule has 0 aromatic rings. The summed E-state index contributed by atoms with van der Waals surface area (Å²) in [6.45, 7) is 6.65. The van der Waals surface area contributed by atoms with Crippen molar-refractivity contribution in [2.45, 2.75) is 83.7 Å². The summed E-state index contributed by atoms with van der Waals surface area (Å²) in [4.78, 5) is 0. The lowest BCUT2D eigenvalue weighted by atomic mass is 10.1. The summed E-state index contributed by atoms with van der Waals surface area (Å²) in [5, 5.41) is 0. The highest BCUT2D eigenvalue weighted by molar-refractivity contribution is 7.80. The second kappa shape index (κ2) is 17.9. The summed E-state index contributed by atoms with van der Waals surface area (Å²) in [5.41, 5.74) is 0. The molecule has 156 valence electrons. The zero-order valence-electron chi connectivity index (χ0n) is 16.4. The van der Waals surface area contributed by atoms with Crippen molar-refractivity contribution in [2.24, 2.45) is 0 Å². The van der Waals surface area contributed by atoms with Crippen LogP contribution in [0.25, 0.3) is 0 Å². The van der Waals surface area contributed by atoms with Crippen molar-refractivity contribution in [2.75, 3.05) is 26.4 Å². The van der Waals surface area contributed by atoms with Crippen LogP contribution in [0, 0.1) is 0 Å². The van der Waals surface area contributed by atoms with Crippen molar-refractivity contribution >= 4 is 10.4 Å². The SMILES string of the molecule is C=CCOCC(COCCCCCCCCCCCCC)OS(=O)(=O)O. The fourth-order valence-electron chi connectivity index (χ4n) is 2.64. The van der Waals surface area contributed by atoms with Crippen molar-refractivity contribution in [1.29, 1.82) is 0 Å². The summed E-state index contributed by atoms with van der Waals surface area (Å²) in [5.74, 6) is 0. The van der Waals surface area contributed by atoms with E-state index in [1.165, 1.54) is 57.8 Å². The van der Waals surface area contributed by atoms with E-state index in [0.717, 1.165) is 12.8 Å². The van der Waals surface area contributed by atoms with E-state index >= 15 is 0 Å². The van der Waals surface area contributed by atoms with Crippen LogP contribution in [0.4, 0.5) is 0 Å². The summed E-state index contributed by atoms with van der Waals surface area (Å²) >= 11 is 0. The maximum atomic E-state index is 10.8. The fraction of sp³-hybridized carbons (Fsp3) is 0.895. The standard InChI is InChI=1S/C19H38O6S/c1-3-5-6-7-8-9-10-11-12-13-14-16-24-18-19(17-23-15-4-2)25-26(20,21)22/h4,19H,2-3,5-18H2,1H3,(H,20,21,22). The monoisotopic (exact) mass is 394 g/mol. The number of unbranched alkanes of at least 4 members (excludes halogenated alkanes) is 10. The molecule has 0 aliphatic rings. The minimum absolute atomic E-state index is 0.0179. The van der Waals surface area contributed by atoms with Gasteiger partial charge >= 0.3 is 10.4 Å². The lowest BCUT2D eigenvalue weighted by Crippen LogP contribution is -2.28. The van der Waals surface area contributed by atoms with Crippen molar-refractivity contribution < 1.29 is 26.6 Å². The molecular formula is C19H38O6S. The first-order valence-electron chi connectivity index (χ1n) is 9.91. The molecule has 0 aromatic heterocycles. The minimum Gasteiger partial charge on any atom is -0.379 e. The van der Waals surface area contributed by atoms with E-state index in [1.807, 2.05) is 0 Å². The second-order valence-electron chi connectivity index (χ2n) is 6.58. The highest BCUT2D eigenvalue weighted by atomic mass is 32.3. The molecule has 6 nitrogen and oxygen atoms in total. The van der Waals surface area contributed by atoms with Crippen LogP contribution < -0.4 is 0 Å². The molecule has 26 heavy (non-hydrogen) atoms. The van der Waals surface area contributed by atoms with Crippen LogP contribution in [0.3, 0.4) is 0 Å². The Hall–Kier alpha value is -0.470. The minimum atomic E-state index is -4.51. The Bertz CT molecular complexity index is 410. The predicted molar refractivity (Wildman–Crippen MR) is 105 cm³/mol. The van der Waals surface area contributed by atoms with Gasteiger partial charge < -0.3 is 9.47 Å². The Morgan fingerprint density at radius 1 is 0.885 bits per heavy atom. The Labute approximate surface area is 160 Å². The quantitative estimate of drug-likeness (QED) is 0.183. The first-order chi connectivity index (χ1) is 12.5. The number of ether oxygens (including phenoxy) is 2. The van der Waals surface area contributed by atoms with Crippen molar-refractivity contribution in [1.82, 2.24) is 0 Å². The van der Waals surface area contributed by atoms with E-state index in [4.69, 9.17) is 14.0 Å². The normalized spacial score (nSPS) is 13.0. The Kier molecular flexibility index (Phi) is 17.6. The van der Waals surface area contributed by atoms with Crippen LogP contribution in [-0.2, 0) is 24.1 Å². The summed E-state index contributed by atoms with van der Waals surface area (Å²) < 4.78 is 45.5. The van der Waals surface area contributed by atoms with E-state index in [2.05, 4.69) is 17.7 Å². The molecule has 0 saturated carbocycles. The Balaban J connectivity index is 3.55. The fourth-order valence-corrected chi connectivity index (χ4v) is 3.10. The first kappa shape index (κ1) is 25.5. The van der Waals surface area contributed by atoms with Crippen LogP contribution in [0.1, 0.15) is 77.6 Å². The molecule has 1 unspecified atom stereocenters. The number of hydrogen-bond donors (Lipinski definition) is 1. The van der Waals surface area contributed by atoms with Gasteiger partial charge in [0.1, 0.15) is 6.10 Å². The largest absolute Gasteiger partial charge is 0.397 e. The van der Waals surface area contributed by atoms with E-state index in [1.54, 1.807) is 6.08 Å². The van der Waals surface area contributed by atoms with E-state index in [-0.39, 0.29) is 19.8 Å². The maximum absolute atomic E-state index is 10.8. The van der Waals surface area contributed by atoms with Crippen LogP contribution >= 0.6 is 0 Å². The molecule has 1 atom stereocenters. The molecular weight excluding hydrogens is 356 g/mol. The molecule has 0 spiro atoms. The van der Waals surface area contributed by atoms with Gasteiger partial charge in [0.2, 0.25) is 0 Å². The van der Waals surface area contributed by atoms with Gasteiger partial charge in [0.15, 0.2) is 0 Å². The zero-order valence-corrected chi connectivity index (χ0v) is 17.2. The third-order valence-electron chi connectivity index (χ3n) is 3.99. The molecule has 0 saturated heterocycles. The van der Waals surface area contributed by atoms with Gasteiger partial charge in [0.25, 0.3) is 0 Å². The third kappa shape index (κ3) is 19.8. The van der Waals surface area contributed by atoms with Crippen molar-refractivity contribution in [3.05, 3.63) is 12.7 Å². The van der Waals surface area contributed by atoms with Gasteiger partial charge in [-0.1, -0.05) is 77.2 Å². The Morgan fingerprint density at radius 3 is 1.88 bits per heavy atom. The average molecular weight is 395 g/mol. The van der Waals surface area contributed by atoms with Gasteiger partial charge in [0, 0.05) is 6.61 Å². The van der Waals surface area contributed by atoms with Crippen LogP contribution in [0.15, 0.2) is 12.7 Å². The van der Waals surface area contributed by atoms with Crippen LogP contribution in [0.5, 0.6) is 0 Å². The topological polar surface area (TPSA) is 82.1 Å². The second-order valence-corrected chi connectivity index (χ2v) is 7.63. The molecule has 0 bridgehead atoms. The third-order valence-corrected chi connectivity index (χ3v) is 4.51. The number of hydrogen-bond acceptors (Lipinski definition) is 5. The molecule has 0 radical (unpaired) electrons. The maximum Gasteiger partial charge on any atom is 0.397 e. The zero-order chi connectivity index (χ0) is 19.5. The molecule has 0 fully saturated rings. The van der Waals surface area contributed by atoms with Crippen molar-refractivity contribution in [3.8, 4) is 0 Å². The molecule has 0 aliphatic heterocycles. The van der Waals surface area contributed by atoms with Gasteiger partial charge in [-0.15, -0.1) is 6.58 Å². The Morgan fingerprint density at radius 2 is 1.38 bits per heavy atom. The van der Waals surface area contributed by atoms with Gasteiger partial charge in [-0.25, -0.2) is 4.18 Å². The molecule has 1 N–H and O–H groups in total. The highest BCUT2D eigenvalue weighted by Gasteiger charge is 2.17. The van der Waals surface area contributed by atoms with Crippen molar-refractivity contribution in [3.63, 3.8) is 0 Å². The van der Waals surface area contributed by atoms with E-state index < -0.39 is 16.5 Å². The predicted octanol–water partition coefficient (Wildman–Crippen LogP) is 4.70. The van der Waals surface area contributed by atoms with Crippen LogP contribution in [-0.4, -0.2) is 45.5 Å². The molecule has 0 aromatic carbocycles.